The van der Waals surface area contributed by atoms with Crippen LogP contribution in [0.4, 0.5) is 11.5 Å². The van der Waals surface area contributed by atoms with Crippen LogP contribution in [0.3, 0.4) is 0 Å². The number of benzene rings is 2. The molecular formula is C16H13N3. The van der Waals surface area contributed by atoms with Gasteiger partial charge in [0, 0.05) is 17.6 Å². The molecule has 0 bridgehead atoms. The molecule has 3 aromatic rings. The number of hydrogen-bond acceptors (Lipinski definition) is 3. The molecule has 19 heavy (non-hydrogen) atoms. The molecule has 2 aromatic carbocycles. The quantitative estimate of drug-likeness (QED) is 0.660. The minimum absolute atomic E-state index is 0.986. The minimum atomic E-state index is 0.986. The van der Waals surface area contributed by atoms with Crippen molar-refractivity contribution in [3.63, 3.8) is 0 Å². The lowest BCUT2D eigenvalue weighted by Gasteiger charge is -2.19. The molecule has 2 heterocycles. The Morgan fingerprint density at radius 3 is 2.74 bits per heavy atom. The molecule has 0 saturated heterocycles. The van der Waals surface area contributed by atoms with Crippen LogP contribution in [0.1, 0.15) is 5.56 Å². The van der Waals surface area contributed by atoms with Crippen molar-refractivity contribution in [2.45, 2.75) is 6.42 Å². The first kappa shape index (κ1) is 10.5. The number of nitrogens with zero attached hydrogens (tertiary/aromatic N) is 3. The molecule has 3 heteroatoms. The van der Waals surface area contributed by atoms with E-state index in [2.05, 4.69) is 45.2 Å². The van der Waals surface area contributed by atoms with Crippen molar-refractivity contribution in [1.82, 2.24) is 9.97 Å². The van der Waals surface area contributed by atoms with Gasteiger partial charge in [-0.3, -0.25) is 0 Å². The second kappa shape index (κ2) is 4.05. The predicted molar refractivity (Wildman–Crippen MR) is 76.7 cm³/mol. The van der Waals surface area contributed by atoms with Crippen molar-refractivity contribution < 1.29 is 0 Å². The monoisotopic (exact) mass is 247 g/mol. The van der Waals surface area contributed by atoms with E-state index in [4.69, 9.17) is 0 Å². The van der Waals surface area contributed by atoms with Crippen molar-refractivity contribution in [3.8, 4) is 0 Å². The Balaban J connectivity index is 1.93. The molecule has 1 aromatic heterocycles. The molecule has 0 fully saturated rings. The van der Waals surface area contributed by atoms with E-state index in [1.165, 1.54) is 11.3 Å². The Bertz CT molecular complexity index is 746. The van der Waals surface area contributed by atoms with Gasteiger partial charge in [-0.05, 0) is 30.2 Å². The van der Waals surface area contributed by atoms with Gasteiger partial charge in [0.25, 0.3) is 0 Å². The molecule has 92 valence electrons. The average Bonchev–Trinajstić information content (AvgIpc) is 2.90. The highest BCUT2D eigenvalue weighted by atomic mass is 15.2. The summed E-state index contributed by atoms with van der Waals surface area (Å²) >= 11 is 0. The third kappa shape index (κ3) is 1.58. The Morgan fingerprint density at radius 1 is 0.895 bits per heavy atom. The average molecular weight is 247 g/mol. The van der Waals surface area contributed by atoms with Crippen molar-refractivity contribution in [2.75, 3.05) is 11.4 Å². The van der Waals surface area contributed by atoms with Crippen LogP contribution in [0.5, 0.6) is 0 Å². The van der Waals surface area contributed by atoms with Crippen LogP contribution in [0.15, 0.2) is 54.9 Å². The summed E-state index contributed by atoms with van der Waals surface area (Å²) in [7, 11) is 0. The lowest BCUT2D eigenvalue weighted by atomic mass is 10.2. The summed E-state index contributed by atoms with van der Waals surface area (Å²) in [5.41, 5.74) is 3.66. The molecule has 0 saturated carbocycles. The topological polar surface area (TPSA) is 29.0 Å². The van der Waals surface area contributed by atoms with Crippen molar-refractivity contribution in [3.05, 3.63) is 60.4 Å². The molecule has 3 nitrogen and oxygen atoms in total. The van der Waals surface area contributed by atoms with Crippen LogP contribution >= 0.6 is 0 Å². The first-order valence-electron chi connectivity index (χ1n) is 6.49. The van der Waals surface area contributed by atoms with Gasteiger partial charge in [-0.15, -0.1) is 0 Å². The maximum Gasteiger partial charge on any atom is 0.144 e. The second-order valence-electron chi connectivity index (χ2n) is 4.74. The number of anilines is 2. The summed E-state index contributed by atoms with van der Waals surface area (Å²) in [6.07, 6.45) is 2.73. The summed E-state index contributed by atoms with van der Waals surface area (Å²) in [4.78, 5) is 11.1. The third-order valence-corrected chi connectivity index (χ3v) is 3.66. The fourth-order valence-electron chi connectivity index (χ4n) is 2.76. The molecule has 1 aliphatic rings. The van der Waals surface area contributed by atoms with E-state index in [1.807, 2.05) is 18.2 Å². The minimum Gasteiger partial charge on any atom is -0.325 e. The molecular weight excluding hydrogens is 234 g/mol. The van der Waals surface area contributed by atoms with Gasteiger partial charge in [-0.25, -0.2) is 9.97 Å². The molecule has 0 unspecified atom stereocenters. The zero-order chi connectivity index (χ0) is 12.7. The van der Waals surface area contributed by atoms with Crippen LogP contribution in [0.2, 0.25) is 0 Å². The maximum atomic E-state index is 4.50. The summed E-state index contributed by atoms with van der Waals surface area (Å²) < 4.78 is 0. The zero-order valence-electron chi connectivity index (χ0n) is 10.5. The maximum absolute atomic E-state index is 4.50. The lowest BCUT2D eigenvalue weighted by Crippen LogP contribution is -2.15. The predicted octanol–water partition coefficient (Wildman–Crippen LogP) is 3.32. The molecule has 1 aliphatic heterocycles. The van der Waals surface area contributed by atoms with Gasteiger partial charge in [0.15, 0.2) is 0 Å². The summed E-state index contributed by atoms with van der Waals surface area (Å²) in [6.45, 7) is 0.986. The second-order valence-corrected chi connectivity index (χ2v) is 4.74. The van der Waals surface area contributed by atoms with E-state index in [1.54, 1.807) is 6.33 Å². The van der Waals surface area contributed by atoms with Crippen LogP contribution in [0.25, 0.3) is 10.9 Å². The number of fused-ring (bicyclic) bond motifs is 2. The Kier molecular flexibility index (Phi) is 2.24. The number of para-hydroxylation sites is 2. The SMILES string of the molecule is c1ccc2c(c1)CCN2c1ncnc2ccccc12. The molecule has 0 spiro atoms. The Hall–Kier alpha value is -2.42. The first-order chi connectivity index (χ1) is 9.43. The molecule has 4 rings (SSSR count). The van der Waals surface area contributed by atoms with Crippen molar-refractivity contribution >= 4 is 22.4 Å². The van der Waals surface area contributed by atoms with Gasteiger partial charge in [0.1, 0.15) is 12.1 Å². The van der Waals surface area contributed by atoms with Gasteiger partial charge in [-0.1, -0.05) is 30.3 Å². The molecule has 0 atom stereocenters. The third-order valence-electron chi connectivity index (χ3n) is 3.66. The van der Waals surface area contributed by atoms with Crippen LogP contribution in [0, 0.1) is 0 Å². The first-order valence-corrected chi connectivity index (χ1v) is 6.49. The highest BCUT2D eigenvalue weighted by Crippen LogP contribution is 2.35. The fraction of sp³-hybridized carbons (Fsp3) is 0.125. The standard InChI is InChI=1S/C16H13N3/c1-4-8-15-12(5-1)9-10-19(15)16-13-6-2-3-7-14(13)17-11-18-16/h1-8,11H,9-10H2. The smallest absolute Gasteiger partial charge is 0.144 e. The van der Waals surface area contributed by atoms with Gasteiger partial charge in [0.2, 0.25) is 0 Å². The number of rotatable bonds is 1. The van der Waals surface area contributed by atoms with E-state index in [-0.39, 0.29) is 0 Å². The Morgan fingerprint density at radius 2 is 1.74 bits per heavy atom. The van der Waals surface area contributed by atoms with E-state index in [0.717, 1.165) is 29.7 Å². The summed E-state index contributed by atoms with van der Waals surface area (Å²) in [5, 5.41) is 1.11. The highest BCUT2D eigenvalue weighted by Gasteiger charge is 2.22. The number of aromatic nitrogens is 2. The Labute approximate surface area is 111 Å². The largest absolute Gasteiger partial charge is 0.325 e. The molecule has 0 radical (unpaired) electrons. The van der Waals surface area contributed by atoms with Gasteiger partial charge in [-0.2, -0.15) is 0 Å². The van der Waals surface area contributed by atoms with E-state index >= 15 is 0 Å². The molecule has 0 aliphatic carbocycles. The fourth-order valence-corrected chi connectivity index (χ4v) is 2.76. The van der Waals surface area contributed by atoms with Gasteiger partial charge < -0.3 is 4.90 Å². The molecule has 0 amide bonds. The normalized spacial score (nSPS) is 13.8. The summed E-state index contributed by atoms with van der Waals surface area (Å²) in [6, 6.07) is 16.7. The van der Waals surface area contributed by atoms with Gasteiger partial charge >= 0.3 is 0 Å². The van der Waals surface area contributed by atoms with E-state index in [0.29, 0.717) is 0 Å². The van der Waals surface area contributed by atoms with Crippen molar-refractivity contribution in [1.29, 1.82) is 0 Å². The van der Waals surface area contributed by atoms with Crippen LogP contribution < -0.4 is 4.90 Å². The zero-order valence-corrected chi connectivity index (χ0v) is 10.5. The highest BCUT2D eigenvalue weighted by molar-refractivity contribution is 5.92. The lowest BCUT2D eigenvalue weighted by molar-refractivity contribution is 0.975. The van der Waals surface area contributed by atoms with Crippen molar-refractivity contribution in [2.24, 2.45) is 0 Å². The molecule has 0 N–H and O–H groups in total. The van der Waals surface area contributed by atoms with Gasteiger partial charge in [0.05, 0.1) is 5.52 Å². The van der Waals surface area contributed by atoms with E-state index < -0.39 is 0 Å². The number of hydrogen-bond donors (Lipinski definition) is 0. The van der Waals surface area contributed by atoms with E-state index in [9.17, 15) is 0 Å². The summed E-state index contributed by atoms with van der Waals surface area (Å²) in [5.74, 6) is 1.01. The van der Waals surface area contributed by atoms with Crippen LogP contribution in [-0.2, 0) is 6.42 Å². The van der Waals surface area contributed by atoms with Crippen LogP contribution in [-0.4, -0.2) is 16.5 Å².